The third-order valence-electron chi connectivity index (χ3n) is 4.87. The van der Waals surface area contributed by atoms with E-state index in [-0.39, 0.29) is 5.92 Å². The fourth-order valence-corrected chi connectivity index (χ4v) is 4.26. The molecule has 21 heavy (non-hydrogen) atoms. The van der Waals surface area contributed by atoms with Crippen LogP contribution in [0.25, 0.3) is 0 Å². The van der Waals surface area contributed by atoms with E-state index in [1.807, 2.05) is 12.1 Å². The number of hydrogen-bond acceptors (Lipinski definition) is 2. The predicted molar refractivity (Wildman–Crippen MR) is 86.9 cm³/mol. The summed E-state index contributed by atoms with van der Waals surface area (Å²) in [4.78, 5) is 14.6. The summed E-state index contributed by atoms with van der Waals surface area (Å²) < 4.78 is 0. The third-order valence-corrected chi connectivity index (χ3v) is 5.46. The van der Waals surface area contributed by atoms with Crippen LogP contribution in [0.3, 0.4) is 0 Å². The molecule has 2 nitrogen and oxygen atoms in total. The Morgan fingerprint density at radius 3 is 2.71 bits per heavy atom. The highest BCUT2D eigenvalue weighted by Crippen LogP contribution is 2.34. The minimum Gasteiger partial charge on any atom is -0.299 e. The molecule has 1 aliphatic carbocycles. The summed E-state index contributed by atoms with van der Waals surface area (Å²) in [5.41, 5.74) is 1.11. The van der Waals surface area contributed by atoms with Gasteiger partial charge >= 0.3 is 0 Å². The van der Waals surface area contributed by atoms with Gasteiger partial charge in [0.2, 0.25) is 0 Å². The highest BCUT2D eigenvalue weighted by Gasteiger charge is 2.36. The van der Waals surface area contributed by atoms with E-state index in [1.54, 1.807) is 6.07 Å². The Morgan fingerprint density at radius 2 is 2.00 bits per heavy atom. The molecule has 0 spiro atoms. The number of nitrogens with zero attached hydrogens (tertiary/aromatic N) is 1. The van der Waals surface area contributed by atoms with Gasteiger partial charge in [0.1, 0.15) is 5.78 Å². The van der Waals surface area contributed by atoms with Gasteiger partial charge in [0.25, 0.3) is 0 Å². The van der Waals surface area contributed by atoms with Crippen molar-refractivity contribution in [2.75, 3.05) is 6.54 Å². The Morgan fingerprint density at radius 1 is 1.14 bits per heavy atom. The fraction of sp³-hybridized carbons (Fsp3) is 0.588. The normalized spacial score (nSPS) is 27.2. The average molecular weight is 326 g/mol. The minimum atomic E-state index is 0.247. The van der Waals surface area contributed by atoms with E-state index in [4.69, 9.17) is 23.2 Å². The van der Waals surface area contributed by atoms with Gasteiger partial charge in [-0.25, -0.2) is 0 Å². The van der Waals surface area contributed by atoms with Gasteiger partial charge in [0.05, 0.1) is 0 Å². The molecule has 0 radical (unpaired) electrons. The molecule has 2 atom stereocenters. The standard InChI is InChI=1S/C17H21Cl2NO/c18-13-8-7-12(15(19)10-13)11-20-9-2-1-5-16(20)14-4-3-6-17(14)21/h7-8,10,14,16H,1-6,9,11H2. The molecular weight excluding hydrogens is 305 g/mol. The van der Waals surface area contributed by atoms with Crippen molar-refractivity contribution in [3.05, 3.63) is 33.8 Å². The predicted octanol–water partition coefficient (Wildman–Crippen LogP) is 4.72. The molecule has 4 heteroatoms. The lowest BCUT2D eigenvalue weighted by molar-refractivity contribution is -0.123. The van der Waals surface area contributed by atoms with Crippen LogP contribution in [-0.2, 0) is 11.3 Å². The summed E-state index contributed by atoms with van der Waals surface area (Å²) in [5.74, 6) is 0.713. The molecule has 1 saturated heterocycles. The molecule has 3 rings (SSSR count). The second kappa shape index (κ2) is 6.68. The average Bonchev–Trinajstić information content (AvgIpc) is 2.89. The lowest BCUT2D eigenvalue weighted by atomic mass is 9.88. The molecule has 0 bridgehead atoms. The fourth-order valence-electron chi connectivity index (χ4n) is 3.79. The summed E-state index contributed by atoms with van der Waals surface area (Å²) in [6.45, 7) is 1.89. The summed E-state index contributed by atoms with van der Waals surface area (Å²) in [6.07, 6.45) is 6.49. The van der Waals surface area contributed by atoms with Gasteiger partial charge in [0.15, 0.2) is 0 Å². The Hall–Kier alpha value is -0.570. The molecule has 1 aromatic rings. The van der Waals surface area contributed by atoms with Crippen molar-refractivity contribution >= 4 is 29.0 Å². The summed E-state index contributed by atoms with van der Waals surface area (Å²) in [6, 6.07) is 6.10. The van der Waals surface area contributed by atoms with E-state index >= 15 is 0 Å². The molecule has 2 aliphatic rings. The number of ketones is 1. The maximum Gasteiger partial charge on any atom is 0.137 e. The van der Waals surface area contributed by atoms with Gasteiger partial charge in [0, 0.05) is 35.0 Å². The second-order valence-electron chi connectivity index (χ2n) is 6.23. The van der Waals surface area contributed by atoms with Gasteiger partial charge in [-0.1, -0.05) is 35.7 Å². The minimum absolute atomic E-state index is 0.247. The first-order valence-electron chi connectivity index (χ1n) is 7.86. The molecule has 2 fully saturated rings. The molecule has 0 aromatic heterocycles. The van der Waals surface area contributed by atoms with Crippen LogP contribution in [0.15, 0.2) is 18.2 Å². The van der Waals surface area contributed by atoms with Crippen molar-refractivity contribution < 1.29 is 4.79 Å². The van der Waals surface area contributed by atoms with Crippen molar-refractivity contribution in [3.8, 4) is 0 Å². The van der Waals surface area contributed by atoms with Crippen molar-refractivity contribution in [3.63, 3.8) is 0 Å². The van der Waals surface area contributed by atoms with E-state index in [9.17, 15) is 4.79 Å². The van der Waals surface area contributed by atoms with Gasteiger partial charge in [-0.15, -0.1) is 0 Å². The zero-order chi connectivity index (χ0) is 14.8. The molecule has 0 amide bonds. The van der Waals surface area contributed by atoms with Crippen LogP contribution in [0.5, 0.6) is 0 Å². The van der Waals surface area contributed by atoms with E-state index in [2.05, 4.69) is 4.90 Å². The largest absolute Gasteiger partial charge is 0.299 e. The van der Waals surface area contributed by atoms with E-state index in [1.165, 1.54) is 12.8 Å². The summed E-state index contributed by atoms with van der Waals surface area (Å²) >= 11 is 12.3. The van der Waals surface area contributed by atoms with Crippen molar-refractivity contribution in [1.82, 2.24) is 4.90 Å². The quantitative estimate of drug-likeness (QED) is 0.801. The van der Waals surface area contributed by atoms with Crippen LogP contribution in [0.2, 0.25) is 10.0 Å². The van der Waals surface area contributed by atoms with Gasteiger partial charge in [-0.2, -0.15) is 0 Å². The monoisotopic (exact) mass is 325 g/mol. The lowest BCUT2D eigenvalue weighted by Gasteiger charge is -2.39. The Balaban J connectivity index is 1.76. The second-order valence-corrected chi connectivity index (χ2v) is 7.08. The number of likely N-dealkylation sites (tertiary alicyclic amines) is 1. The number of carbonyl (C=O) groups excluding carboxylic acids is 1. The highest BCUT2D eigenvalue weighted by atomic mass is 35.5. The van der Waals surface area contributed by atoms with E-state index in [0.29, 0.717) is 16.8 Å². The van der Waals surface area contributed by atoms with Crippen LogP contribution in [0.4, 0.5) is 0 Å². The Bertz CT molecular complexity index is 532. The third kappa shape index (κ3) is 3.44. The topological polar surface area (TPSA) is 20.3 Å². The van der Waals surface area contributed by atoms with E-state index in [0.717, 1.165) is 49.4 Å². The maximum atomic E-state index is 12.1. The molecule has 0 N–H and O–H groups in total. The molecule has 1 aliphatic heterocycles. The molecule has 1 heterocycles. The molecule has 2 unspecified atom stereocenters. The first-order chi connectivity index (χ1) is 10.1. The molecule has 114 valence electrons. The van der Waals surface area contributed by atoms with Gasteiger partial charge in [-0.3, -0.25) is 9.69 Å². The SMILES string of the molecule is O=C1CCCC1C1CCCCN1Cc1ccc(Cl)cc1Cl. The van der Waals surface area contributed by atoms with Crippen molar-refractivity contribution in [1.29, 1.82) is 0 Å². The molecular formula is C17H21Cl2NO. The summed E-state index contributed by atoms with van der Waals surface area (Å²) in [7, 11) is 0. The van der Waals surface area contributed by atoms with E-state index < -0.39 is 0 Å². The highest BCUT2D eigenvalue weighted by molar-refractivity contribution is 6.35. The lowest BCUT2D eigenvalue weighted by Crippen LogP contribution is -2.44. The number of rotatable bonds is 3. The maximum absolute atomic E-state index is 12.1. The first-order valence-corrected chi connectivity index (χ1v) is 8.61. The van der Waals surface area contributed by atoms with Crippen molar-refractivity contribution in [2.45, 2.75) is 51.1 Å². The number of halogens is 2. The Labute approximate surface area is 136 Å². The smallest absolute Gasteiger partial charge is 0.137 e. The number of Topliss-reactive ketones (excluding diaryl/α,β-unsaturated/α-hetero) is 1. The number of carbonyl (C=O) groups is 1. The van der Waals surface area contributed by atoms with Gasteiger partial charge < -0.3 is 0 Å². The number of hydrogen-bond donors (Lipinski definition) is 0. The zero-order valence-electron chi connectivity index (χ0n) is 12.2. The zero-order valence-corrected chi connectivity index (χ0v) is 13.7. The van der Waals surface area contributed by atoms with Crippen molar-refractivity contribution in [2.24, 2.45) is 5.92 Å². The van der Waals surface area contributed by atoms with Crippen LogP contribution in [0.1, 0.15) is 44.1 Å². The Kier molecular flexibility index (Phi) is 4.88. The van der Waals surface area contributed by atoms with Crippen LogP contribution < -0.4 is 0 Å². The van der Waals surface area contributed by atoms with Crippen LogP contribution >= 0.6 is 23.2 Å². The number of benzene rings is 1. The van der Waals surface area contributed by atoms with Crippen LogP contribution in [-0.4, -0.2) is 23.3 Å². The molecule has 1 aromatic carbocycles. The first kappa shape index (κ1) is 15.3. The molecule has 1 saturated carbocycles. The van der Waals surface area contributed by atoms with Gasteiger partial charge in [-0.05, 0) is 49.9 Å². The van der Waals surface area contributed by atoms with Crippen LogP contribution in [0, 0.1) is 5.92 Å². The number of piperidine rings is 1. The summed E-state index contributed by atoms with van der Waals surface area (Å²) in [5, 5.41) is 1.40.